The van der Waals surface area contributed by atoms with E-state index in [1.165, 1.54) is 0 Å². The third-order valence-corrected chi connectivity index (χ3v) is 4.19. The minimum absolute atomic E-state index is 0.530. The molecule has 0 spiro atoms. The van der Waals surface area contributed by atoms with Gasteiger partial charge in [-0.1, -0.05) is 6.92 Å². The summed E-state index contributed by atoms with van der Waals surface area (Å²) < 4.78 is 1.06. The van der Waals surface area contributed by atoms with Crippen LogP contribution in [0.5, 0.6) is 0 Å². The van der Waals surface area contributed by atoms with Crippen molar-refractivity contribution in [1.82, 2.24) is 0 Å². The zero-order valence-electron chi connectivity index (χ0n) is 6.88. The van der Waals surface area contributed by atoms with E-state index in [1.54, 1.807) is 11.3 Å². The molecule has 1 aliphatic carbocycles. The molecule has 1 aliphatic rings. The van der Waals surface area contributed by atoms with E-state index in [4.69, 9.17) is 0 Å². The lowest BCUT2D eigenvalue weighted by Crippen LogP contribution is -2.39. The molecule has 3 heteroatoms. The van der Waals surface area contributed by atoms with E-state index in [0.29, 0.717) is 5.92 Å². The number of thiophene rings is 1. The van der Waals surface area contributed by atoms with E-state index >= 15 is 0 Å². The predicted molar refractivity (Wildman–Crippen MR) is 54.3 cm³/mol. The Hall–Kier alpha value is 0.140. The van der Waals surface area contributed by atoms with Crippen molar-refractivity contribution in [3.63, 3.8) is 0 Å². The molecule has 0 atom stereocenters. The van der Waals surface area contributed by atoms with E-state index in [0.717, 1.165) is 22.9 Å². The highest BCUT2D eigenvalue weighted by molar-refractivity contribution is 9.10. The van der Waals surface area contributed by atoms with Gasteiger partial charge in [-0.25, -0.2) is 0 Å². The predicted octanol–water partition coefficient (Wildman–Crippen LogP) is 3.13. The van der Waals surface area contributed by atoms with Gasteiger partial charge in [-0.05, 0) is 40.1 Å². The summed E-state index contributed by atoms with van der Waals surface area (Å²) in [7, 11) is 0. The Bertz CT molecular complexity index is 288. The first kappa shape index (κ1) is 8.73. The van der Waals surface area contributed by atoms with Crippen molar-refractivity contribution in [2.75, 3.05) is 0 Å². The van der Waals surface area contributed by atoms with Crippen molar-refractivity contribution in [2.24, 2.45) is 5.92 Å². The first-order chi connectivity index (χ1) is 5.62. The topological polar surface area (TPSA) is 20.2 Å². The van der Waals surface area contributed by atoms with Crippen LogP contribution in [0.3, 0.4) is 0 Å². The third-order valence-electron chi connectivity index (χ3n) is 2.49. The molecular weight excluding hydrogens is 236 g/mol. The minimum Gasteiger partial charge on any atom is -0.385 e. The summed E-state index contributed by atoms with van der Waals surface area (Å²) in [5.74, 6) is 0.668. The molecule has 0 amide bonds. The molecule has 1 saturated carbocycles. The highest BCUT2D eigenvalue weighted by Crippen LogP contribution is 2.48. The summed E-state index contributed by atoms with van der Waals surface area (Å²) >= 11 is 5.08. The summed E-state index contributed by atoms with van der Waals surface area (Å²) in [6.07, 6.45) is 1.81. The normalized spacial score (nSPS) is 34.8. The van der Waals surface area contributed by atoms with Gasteiger partial charge in [0, 0.05) is 15.4 Å². The number of hydrogen-bond acceptors (Lipinski definition) is 2. The second kappa shape index (κ2) is 2.82. The molecule has 66 valence electrons. The van der Waals surface area contributed by atoms with Crippen LogP contribution >= 0.6 is 27.3 Å². The Morgan fingerprint density at radius 1 is 1.58 bits per heavy atom. The van der Waals surface area contributed by atoms with Crippen molar-refractivity contribution >= 4 is 27.3 Å². The van der Waals surface area contributed by atoms with Gasteiger partial charge < -0.3 is 5.11 Å². The maximum absolute atomic E-state index is 10.1. The molecule has 0 saturated heterocycles. The van der Waals surface area contributed by atoms with Gasteiger partial charge in [0.25, 0.3) is 0 Å². The lowest BCUT2D eigenvalue weighted by atomic mass is 9.69. The first-order valence-electron chi connectivity index (χ1n) is 4.06. The first-order valence-corrected chi connectivity index (χ1v) is 5.80. The largest absolute Gasteiger partial charge is 0.385 e. The molecule has 0 bridgehead atoms. The molecule has 12 heavy (non-hydrogen) atoms. The second-order valence-corrected chi connectivity index (χ2v) is 5.28. The van der Waals surface area contributed by atoms with E-state index < -0.39 is 5.60 Å². The lowest BCUT2D eigenvalue weighted by Gasteiger charge is -2.42. The van der Waals surface area contributed by atoms with Crippen LogP contribution in [0.4, 0.5) is 0 Å². The average Bonchev–Trinajstić information content (AvgIpc) is 2.32. The van der Waals surface area contributed by atoms with Crippen LogP contribution < -0.4 is 0 Å². The van der Waals surface area contributed by atoms with Crippen LogP contribution in [-0.4, -0.2) is 5.11 Å². The smallest absolute Gasteiger partial charge is 0.0920 e. The Morgan fingerprint density at radius 3 is 2.67 bits per heavy atom. The molecule has 1 fully saturated rings. The van der Waals surface area contributed by atoms with Gasteiger partial charge in [0.15, 0.2) is 0 Å². The SMILES string of the molecule is CC1CC(O)(c2cscc2Br)C1. The molecule has 1 nitrogen and oxygen atoms in total. The molecule has 1 aromatic heterocycles. The van der Waals surface area contributed by atoms with Gasteiger partial charge in [-0.2, -0.15) is 11.3 Å². The van der Waals surface area contributed by atoms with Gasteiger partial charge in [0.1, 0.15) is 0 Å². The van der Waals surface area contributed by atoms with Gasteiger partial charge >= 0.3 is 0 Å². The molecule has 0 aromatic carbocycles. The van der Waals surface area contributed by atoms with Gasteiger partial charge in [0.05, 0.1) is 5.60 Å². The van der Waals surface area contributed by atoms with Crippen LogP contribution in [0.2, 0.25) is 0 Å². The van der Waals surface area contributed by atoms with E-state index in [2.05, 4.69) is 22.9 Å². The molecule has 2 rings (SSSR count). The molecule has 1 N–H and O–H groups in total. The van der Waals surface area contributed by atoms with Gasteiger partial charge in [-0.15, -0.1) is 0 Å². The lowest BCUT2D eigenvalue weighted by molar-refractivity contribution is -0.0740. The minimum atomic E-state index is -0.530. The van der Waals surface area contributed by atoms with Crippen LogP contribution in [0.15, 0.2) is 15.2 Å². The molecule has 0 aliphatic heterocycles. The van der Waals surface area contributed by atoms with Crippen molar-refractivity contribution in [2.45, 2.75) is 25.4 Å². The van der Waals surface area contributed by atoms with E-state index in [-0.39, 0.29) is 0 Å². The molecule has 1 heterocycles. The average molecular weight is 247 g/mol. The number of hydrogen-bond donors (Lipinski definition) is 1. The summed E-state index contributed by atoms with van der Waals surface area (Å²) in [4.78, 5) is 0. The van der Waals surface area contributed by atoms with Gasteiger partial charge in [0.2, 0.25) is 0 Å². The number of halogens is 1. The fraction of sp³-hybridized carbons (Fsp3) is 0.556. The Labute approximate surface area is 84.6 Å². The summed E-state index contributed by atoms with van der Waals surface area (Å²) in [6.45, 7) is 2.18. The molecular formula is C9H11BrOS. The summed E-state index contributed by atoms with van der Waals surface area (Å²) in [5.41, 5.74) is 0.545. The Morgan fingerprint density at radius 2 is 2.25 bits per heavy atom. The fourth-order valence-electron chi connectivity index (χ4n) is 1.93. The Kier molecular flexibility index (Phi) is 2.05. The number of aliphatic hydroxyl groups is 1. The van der Waals surface area contributed by atoms with Crippen molar-refractivity contribution < 1.29 is 5.11 Å². The summed E-state index contributed by atoms with van der Waals surface area (Å²) in [5, 5.41) is 14.2. The van der Waals surface area contributed by atoms with Crippen LogP contribution in [0.1, 0.15) is 25.3 Å². The van der Waals surface area contributed by atoms with Crippen LogP contribution in [-0.2, 0) is 5.60 Å². The number of rotatable bonds is 1. The highest BCUT2D eigenvalue weighted by atomic mass is 79.9. The fourth-order valence-corrected chi connectivity index (χ4v) is 3.68. The molecule has 1 aromatic rings. The maximum atomic E-state index is 10.1. The zero-order valence-corrected chi connectivity index (χ0v) is 9.28. The summed E-state index contributed by atoms with van der Waals surface area (Å²) in [6, 6.07) is 0. The second-order valence-electron chi connectivity index (χ2n) is 3.68. The molecule has 0 unspecified atom stereocenters. The van der Waals surface area contributed by atoms with Crippen LogP contribution in [0, 0.1) is 5.92 Å². The third kappa shape index (κ3) is 1.24. The van der Waals surface area contributed by atoms with Crippen molar-refractivity contribution in [3.05, 3.63) is 20.8 Å². The standard InChI is InChI=1S/C9H11BrOS/c1-6-2-9(11,3-6)7-4-12-5-8(7)10/h4-6,11H,2-3H2,1H3. The quantitative estimate of drug-likeness (QED) is 0.808. The zero-order chi connectivity index (χ0) is 8.77. The highest BCUT2D eigenvalue weighted by Gasteiger charge is 2.42. The maximum Gasteiger partial charge on any atom is 0.0920 e. The van der Waals surface area contributed by atoms with E-state index in [1.807, 2.05) is 10.8 Å². The van der Waals surface area contributed by atoms with Gasteiger partial charge in [-0.3, -0.25) is 0 Å². The van der Waals surface area contributed by atoms with Crippen molar-refractivity contribution in [3.8, 4) is 0 Å². The molecule has 0 radical (unpaired) electrons. The van der Waals surface area contributed by atoms with Crippen molar-refractivity contribution in [1.29, 1.82) is 0 Å². The van der Waals surface area contributed by atoms with Crippen LogP contribution in [0.25, 0.3) is 0 Å². The Balaban J connectivity index is 2.26. The monoisotopic (exact) mass is 246 g/mol. The van der Waals surface area contributed by atoms with E-state index in [9.17, 15) is 5.11 Å².